The van der Waals surface area contributed by atoms with Crippen LogP contribution in [0.4, 0.5) is 4.39 Å². The first kappa shape index (κ1) is 20.0. The SMILES string of the molecule is O=C(c1cnn(-c2ccccc2)n1)N1CCCC(Cc2nc(-c3ccccc3F)no2)C1. The van der Waals surface area contributed by atoms with Gasteiger partial charge >= 0.3 is 0 Å². The molecule has 1 atom stereocenters. The number of rotatable bonds is 5. The Morgan fingerprint density at radius 2 is 1.94 bits per heavy atom. The third kappa shape index (κ3) is 4.14. The highest BCUT2D eigenvalue weighted by atomic mass is 19.1. The zero-order valence-electron chi connectivity index (χ0n) is 17.3. The van der Waals surface area contributed by atoms with Crippen molar-refractivity contribution in [1.82, 2.24) is 30.0 Å². The van der Waals surface area contributed by atoms with Gasteiger partial charge in [0.25, 0.3) is 5.91 Å². The molecule has 1 fully saturated rings. The summed E-state index contributed by atoms with van der Waals surface area (Å²) in [4.78, 5) is 20.6. The predicted octanol–water partition coefficient (Wildman–Crippen LogP) is 3.55. The minimum Gasteiger partial charge on any atom is -0.339 e. The van der Waals surface area contributed by atoms with E-state index in [9.17, 15) is 9.18 Å². The van der Waals surface area contributed by atoms with Gasteiger partial charge in [-0.2, -0.15) is 14.9 Å². The fraction of sp³-hybridized carbons (Fsp3) is 0.261. The molecule has 1 saturated heterocycles. The Bertz CT molecular complexity index is 1220. The van der Waals surface area contributed by atoms with Gasteiger partial charge in [-0.1, -0.05) is 35.5 Å². The summed E-state index contributed by atoms with van der Waals surface area (Å²) in [5.41, 5.74) is 1.42. The highest BCUT2D eigenvalue weighted by Crippen LogP contribution is 2.24. The molecule has 1 amide bonds. The van der Waals surface area contributed by atoms with E-state index in [-0.39, 0.29) is 17.6 Å². The van der Waals surface area contributed by atoms with Crippen LogP contribution in [0.5, 0.6) is 0 Å². The average Bonchev–Trinajstić information content (AvgIpc) is 3.50. The summed E-state index contributed by atoms with van der Waals surface area (Å²) >= 11 is 0. The maximum atomic E-state index is 14.0. The molecule has 0 bridgehead atoms. The lowest BCUT2D eigenvalue weighted by molar-refractivity contribution is 0.0661. The summed E-state index contributed by atoms with van der Waals surface area (Å²) in [7, 11) is 0. The lowest BCUT2D eigenvalue weighted by Crippen LogP contribution is -2.40. The Balaban J connectivity index is 1.25. The monoisotopic (exact) mass is 432 g/mol. The van der Waals surface area contributed by atoms with Gasteiger partial charge in [-0.25, -0.2) is 4.39 Å². The molecule has 1 aliphatic heterocycles. The molecular weight excluding hydrogens is 411 g/mol. The van der Waals surface area contributed by atoms with Crippen LogP contribution in [-0.2, 0) is 6.42 Å². The van der Waals surface area contributed by atoms with Gasteiger partial charge in [-0.05, 0) is 43.0 Å². The van der Waals surface area contributed by atoms with E-state index < -0.39 is 5.82 Å². The van der Waals surface area contributed by atoms with Crippen LogP contribution in [0.3, 0.4) is 0 Å². The Hall–Kier alpha value is -3.88. The summed E-state index contributed by atoms with van der Waals surface area (Å²) in [5.74, 6) is 0.315. The summed E-state index contributed by atoms with van der Waals surface area (Å²) in [6.07, 6.45) is 3.84. The highest BCUT2D eigenvalue weighted by molar-refractivity contribution is 5.92. The zero-order valence-corrected chi connectivity index (χ0v) is 17.3. The number of hydrogen-bond donors (Lipinski definition) is 0. The molecule has 162 valence electrons. The van der Waals surface area contributed by atoms with Crippen molar-refractivity contribution in [3.05, 3.63) is 78.2 Å². The van der Waals surface area contributed by atoms with Crippen molar-refractivity contribution < 1.29 is 13.7 Å². The molecule has 8 nitrogen and oxygen atoms in total. The number of benzene rings is 2. The van der Waals surface area contributed by atoms with E-state index in [4.69, 9.17) is 4.52 Å². The number of nitrogens with zero attached hydrogens (tertiary/aromatic N) is 6. The Morgan fingerprint density at radius 3 is 2.78 bits per heavy atom. The van der Waals surface area contributed by atoms with Gasteiger partial charge < -0.3 is 9.42 Å². The molecule has 1 aliphatic rings. The number of amides is 1. The molecule has 2 aromatic carbocycles. The van der Waals surface area contributed by atoms with Crippen LogP contribution in [0.2, 0.25) is 0 Å². The van der Waals surface area contributed by atoms with E-state index in [0.29, 0.717) is 36.7 Å². The molecule has 4 aromatic rings. The van der Waals surface area contributed by atoms with Gasteiger partial charge in [0.15, 0.2) is 5.69 Å². The number of carbonyl (C=O) groups is 1. The first-order valence-electron chi connectivity index (χ1n) is 10.5. The van der Waals surface area contributed by atoms with Gasteiger partial charge in [-0.3, -0.25) is 4.79 Å². The summed E-state index contributed by atoms with van der Waals surface area (Å²) in [5, 5.41) is 12.5. The van der Waals surface area contributed by atoms with Gasteiger partial charge in [0, 0.05) is 19.5 Å². The van der Waals surface area contributed by atoms with Crippen LogP contribution < -0.4 is 0 Å². The number of para-hydroxylation sites is 1. The molecule has 2 aromatic heterocycles. The number of hydrogen-bond acceptors (Lipinski definition) is 6. The van der Waals surface area contributed by atoms with Crippen LogP contribution in [0.25, 0.3) is 17.1 Å². The fourth-order valence-corrected chi connectivity index (χ4v) is 3.96. The largest absolute Gasteiger partial charge is 0.339 e. The standard InChI is InChI=1S/C23H21FN6O2/c24-19-11-5-4-10-18(19)22-26-21(32-28-22)13-16-7-6-12-29(15-16)23(31)20-14-25-30(27-20)17-8-2-1-3-9-17/h1-5,8-11,14,16H,6-7,12-13,15H2. The number of piperidine rings is 1. The number of aromatic nitrogens is 5. The second kappa shape index (κ2) is 8.70. The van der Waals surface area contributed by atoms with E-state index in [1.54, 1.807) is 23.1 Å². The molecule has 5 rings (SSSR count). The molecule has 1 unspecified atom stereocenters. The number of halogens is 1. The van der Waals surface area contributed by atoms with E-state index >= 15 is 0 Å². The van der Waals surface area contributed by atoms with Gasteiger partial charge in [-0.15, -0.1) is 5.10 Å². The number of likely N-dealkylation sites (tertiary alicyclic amines) is 1. The van der Waals surface area contributed by atoms with Crippen LogP contribution in [0.15, 0.2) is 65.3 Å². The Morgan fingerprint density at radius 1 is 1.12 bits per heavy atom. The lowest BCUT2D eigenvalue weighted by atomic mass is 9.94. The molecule has 9 heteroatoms. The second-order valence-electron chi connectivity index (χ2n) is 7.81. The second-order valence-corrected chi connectivity index (χ2v) is 7.81. The van der Waals surface area contributed by atoms with Crippen molar-refractivity contribution in [3.63, 3.8) is 0 Å². The Kier molecular flexibility index (Phi) is 5.45. The van der Waals surface area contributed by atoms with E-state index in [2.05, 4.69) is 20.3 Å². The van der Waals surface area contributed by atoms with E-state index in [1.807, 2.05) is 30.3 Å². The molecule has 0 radical (unpaired) electrons. The van der Waals surface area contributed by atoms with E-state index in [0.717, 1.165) is 18.5 Å². The summed E-state index contributed by atoms with van der Waals surface area (Å²) in [6.45, 7) is 1.23. The van der Waals surface area contributed by atoms with Crippen LogP contribution in [0, 0.1) is 11.7 Å². The molecular formula is C23H21FN6O2. The summed E-state index contributed by atoms with van der Waals surface area (Å²) in [6, 6.07) is 15.8. The fourth-order valence-electron chi connectivity index (χ4n) is 3.96. The van der Waals surface area contributed by atoms with Crippen LogP contribution >= 0.6 is 0 Å². The summed E-state index contributed by atoms with van der Waals surface area (Å²) < 4.78 is 19.3. The van der Waals surface area contributed by atoms with Crippen molar-refractivity contribution in [2.75, 3.05) is 13.1 Å². The average molecular weight is 432 g/mol. The minimum atomic E-state index is -0.391. The van der Waals surface area contributed by atoms with Crippen molar-refractivity contribution in [2.24, 2.45) is 5.92 Å². The van der Waals surface area contributed by atoms with Gasteiger partial charge in [0.1, 0.15) is 5.82 Å². The first-order chi connectivity index (χ1) is 15.7. The van der Waals surface area contributed by atoms with Crippen molar-refractivity contribution >= 4 is 5.91 Å². The van der Waals surface area contributed by atoms with E-state index in [1.165, 1.54) is 17.1 Å². The molecule has 0 N–H and O–H groups in total. The molecule has 32 heavy (non-hydrogen) atoms. The van der Waals surface area contributed by atoms with Gasteiger partial charge in [0.05, 0.1) is 17.4 Å². The molecule has 0 aliphatic carbocycles. The predicted molar refractivity (Wildman–Crippen MR) is 113 cm³/mol. The molecule has 0 spiro atoms. The highest BCUT2D eigenvalue weighted by Gasteiger charge is 2.28. The van der Waals surface area contributed by atoms with Crippen LogP contribution in [0.1, 0.15) is 29.2 Å². The van der Waals surface area contributed by atoms with Crippen LogP contribution in [-0.4, -0.2) is 49.0 Å². The lowest BCUT2D eigenvalue weighted by Gasteiger charge is -2.31. The molecule has 0 saturated carbocycles. The maximum absolute atomic E-state index is 14.0. The third-order valence-electron chi connectivity index (χ3n) is 5.55. The van der Waals surface area contributed by atoms with Crippen molar-refractivity contribution in [1.29, 1.82) is 0 Å². The quantitative estimate of drug-likeness (QED) is 0.479. The normalized spacial score (nSPS) is 16.3. The first-order valence-corrected chi connectivity index (χ1v) is 10.5. The topological polar surface area (TPSA) is 89.9 Å². The van der Waals surface area contributed by atoms with Gasteiger partial charge in [0.2, 0.25) is 11.7 Å². The van der Waals surface area contributed by atoms with Crippen molar-refractivity contribution in [3.8, 4) is 17.1 Å². The minimum absolute atomic E-state index is 0.144. The third-order valence-corrected chi connectivity index (χ3v) is 5.55. The van der Waals surface area contributed by atoms with Crippen molar-refractivity contribution in [2.45, 2.75) is 19.3 Å². The Labute approximate surface area is 183 Å². The molecule has 3 heterocycles. The smallest absolute Gasteiger partial charge is 0.276 e. The number of carbonyl (C=O) groups excluding carboxylic acids is 1. The zero-order chi connectivity index (χ0) is 21.9. The maximum Gasteiger partial charge on any atom is 0.276 e.